The first-order chi connectivity index (χ1) is 9.13. The van der Waals surface area contributed by atoms with E-state index in [4.69, 9.17) is 32.7 Å². The van der Waals surface area contributed by atoms with Gasteiger partial charge in [-0.3, -0.25) is 0 Å². The molecule has 0 radical (unpaired) electrons. The molecule has 0 aliphatic heterocycles. The lowest BCUT2D eigenvalue weighted by molar-refractivity contribution is 0.405. The molecule has 2 rings (SSSR count). The average molecular weight is 299 g/mol. The van der Waals surface area contributed by atoms with Crippen molar-refractivity contribution in [1.29, 1.82) is 0 Å². The van der Waals surface area contributed by atoms with E-state index < -0.39 is 0 Å². The lowest BCUT2D eigenvalue weighted by atomic mass is 10.2. The van der Waals surface area contributed by atoms with Crippen LogP contribution in [0.25, 0.3) is 0 Å². The van der Waals surface area contributed by atoms with Gasteiger partial charge >= 0.3 is 0 Å². The maximum atomic E-state index is 6.04. The van der Waals surface area contributed by atoms with Crippen LogP contribution >= 0.6 is 23.2 Å². The zero-order chi connectivity index (χ0) is 13.8. The van der Waals surface area contributed by atoms with Crippen LogP contribution in [0.5, 0.6) is 11.5 Å². The number of hydrogen-bond acceptors (Lipinski definition) is 4. The summed E-state index contributed by atoms with van der Waals surface area (Å²) in [5.74, 6) is 1.80. The van der Waals surface area contributed by atoms with Gasteiger partial charge in [-0.1, -0.05) is 23.2 Å². The molecule has 0 fully saturated rings. The highest BCUT2D eigenvalue weighted by molar-refractivity contribution is 6.32. The second-order valence-corrected chi connectivity index (χ2v) is 4.52. The molecule has 0 aliphatic rings. The Kier molecular flexibility index (Phi) is 4.35. The highest BCUT2D eigenvalue weighted by atomic mass is 35.5. The lowest BCUT2D eigenvalue weighted by Crippen LogP contribution is -1.97. The van der Waals surface area contributed by atoms with Crippen LogP contribution in [0, 0.1) is 0 Å². The summed E-state index contributed by atoms with van der Waals surface area (Å²) in [6.07, 6.45) is 1.56. The zero-order valence-electron chi connectivity index (χ0n) is 10.4. The Morgan fingerprint density at radius 2 is 1.79 bits per heavy atom. The number of pyridine rings is 1. The van der Waals surface area contributed by atoms with Crippen LogP contribution < -0.4 is 14.8 Å². The van der Waals surface area contributed by atoms with Crippen molar-refractivity contribution in [2.75, 3.05) is 19.5 Å². The number of halogens is 2. The summed E-state index contributed by atoms with van der Waals surface area (Å²) in [5.41, 5.74) is 0.707. The van der Waals surface area contributed by atoms with E-state index in [9.17, 15) is 0 Å². The standard InChI is InChI=1S/C13H12Cl2N2O2/c1-18-11-6-10(12(19-2)5-9(11)15)17-13-4-3-8(14)7-16-13/h3-7H,1-2H3,(H,16,17). The molecular formula is C13H12Cl2N2O2. The molecule has 1 aromatic heterocycles. The van der Waals surface area contributed by atoms with Crippen molar-refractivity contribution in [3.8, 4) is 11.5 Å². The van der Waals surface area contributed by atoms with Crippen LogP contribution in [-0.2, 0) is 0 Å². The Balaban J connectivity index is 2.35. The fourth-order valence-electron chi connectivity index (χ4n) is 1.55. The normalized spacial score (nSPS) is 10.1. The minimum Gasteiger partial charge on any atom is -0.495 e. The van der Waals surface area contributed by atoms with Gasteiger partial charge in [0.05, 0.1) is 30.0 Å². The SMILES string of the molecule is COc1cc(Nc2ccc(Cl)cn2)c(OC)cc1Cl. The van der Waals surface area contributed by atoms with Crippen LogP contribution in [0.1, 0.15) is 0 Å². The maximum absolute atomic E-state index is 6.04. The third-order valence-corrected chi connectivity index (χ3v) is 2.98. The number of nitrogens with one attached hydrogen (secondary N) is 1. The van der Waals surface area contributed by atoms with Gasteiger partial charge in [0.1, 0.15) is 17.3 Å². The largest absolute Gasteiger partial charge is 0.495 e. The minimum atomic E-state index is 0.481. The minimum absolute atomic E-state index is 0.481. The molecule has 0 spiro atoms. The molecule has 0 atom stereocenters. The van der Waals surface area contributed by atoms with Crippen LogP contribution in [0.15, 0.2) is 30.5 Å². The third-order valence-electron chi connectivity index (χ3n) is 2.46. The van der Waals surface area contributed by atoms with Crippen LogP contribution in [0.3, 0.4) is 0 Å². The number of aromatic nitrogens is 1. The molecule has 0 saturated heterocycles. The van der Waals surface area contributed by atoms with Crippen LogP contribution in [-0.4, -0.2) is 19.2 Å². The second kappa shape index (κ2) is 5.99. The van der Waals surface area contributed by atoms with Gasteiger partial charge in [0, 0.05) is 18.3 Å². The number of hydrogen-bond donors (Lipinski definition) is 1. The van der Waals surface area contributed by atoms with E-state index in [-0.39, 0.29) is 0 Å². The number of nitrogens with zero attached hydrogens (tertiary/aromatic N) is 1. The van der Waals surface area contributed by atoms with Gasteiger partial charge in [-0.2, -0.15) is 0 Å². The second-order valence-electron chi connectivity index (χ2n) is 3.67. The Labute approximate surface area is 121 Å². The first-order valence-corrected chi connectivity index (χ1v) is 6.19. The third kappa shape index (κ3) is 3.22. The Hall–Kier alpha value is -1.65. The van der Waals surface area contributed by atoms with E-state index in [0.29, 0.717) is 33.0 Å². The van der Waals surface area contributed by atoms with Gasteiger partial charge in [0.15, 0.2) is 0 Å². The monoisotopic (exact) mass is 298 g/mol. The van der Waals surface area contributed by atoms with Crippen molar-refractivity contribution >= 4 is 34.7 Å². The van der Waals surface area contributed by atoms with E-state index in [0.717, 1.165) is 0 Å². The van der Waals surface area contributed by atoms with Crippen molar-refractivity contribution < 1.29 is 9.47 Å². The topological polar surface area (TPSA) is 43.4 Å². The Morgan fingerprint density at radius 3 is 2.37 bits per heavy atom. The number of methoxy groups -OCH3 is 2. The highest BCUT2D eigenvalue weighted by Crippen LogP contribution is 2.37. The molecule has 1 aromatic carbocycles. The predicted molar refractivity (Wildman–Crippen MR) is 77.1 cm³/mol. The molecule has 0 bridgehead atoms. The summed E-state index contributed by atoms with van der Waals surface area (Å²) in [7, 11) is 3.12. The number of anilines is 2. The van der Waals surface area contributed by atoms with Crippen LogP contribution in [0.4, 0.5) is 11.5 Å². The van der Waals surface area contributed by atoms with E-state index in [2.05, 4.69) is 10.3 Å². The smallest absolute Gasteiger partial charge is 0.144 e. The summed E-state index contributed by atoms with van der Waals surface area (Å²) in [4.78, 5) is 4.15. The number of rotatable bonds is 4. The molecule has 1 heterocycles. The quantitative estimate of drug-likeness (QED) is 0.921. The van der Waals surface area contributed by atoms with E-state index in [1.165, 1.54) is 0 Å². The predicted octanol–water partition coefficient (Wildman–Crippen LogP) is 4.15. The number of benzene rings is 1. The molecule has 2 aromatic rings. The molecule has 0 unspecified atom stereocenters. The fraction of sp³-hybridized carbons (Fsp3) is 0.154. The number of ether oxygens (including phenoxy) is 2. The Morgan fingerprint density at radius 1 is 1.05 bits per heavy atom. The maximum Gasteiger partial charge on any atom is 0.144 e. The van der Waals surface area contributed by atoms with Gasteiger partial charge in [-0.25, -0.2) is 4.98 Å². The average Bonchev–Trinajstić information content (AvgIpc) is 2.42. The summed E-state index contributed by atoms with van der Waals surface area (Å²) in [6, 6.07) is 6.94. The van der Waals surface area contributed by atoms with E-state index in [1.54, 1.807) is 44.7 Å². The molecule has 6 heteroatoms. The summed E-state index contributed by atoms with van der Waals surface area (Å²) in [6.45, 7) is 0. The molecule has 100 valence electrons. The molecule has 1 N–H and O–H groups in total. The molecule has 0 aliphatic carbocycles. The van der Waals surface area contributed by atoms with Crippen molar-refractivity contribution in [2.24, 2.45) is 0 Å². The van der Waals surface area contributed by atoms with Gasteiger partial charge in [-0.05, 0) is 12.1 Å². The Bertz CT molecular complexity index is 574. The van der Waals surface area contributed by atoms with Gasteiger partial charge in [0.25, 0.3) is 0 Å². The first-order valence-electron chi connectivity index (χ1n) is 5.44. The van der Waals surface area contributed by atoms with Crippen molar-refractivity contribution in [2.45, 2.75) is 0 Å². The highest BCUT2D eigenvalue weighted by Gasteiger charge is 2.10. The van der Waals surface area contributed by atoms with Crippen molar-refractivity contribution in [1.82, 2.24) is 4.98 Å². The van der Waals surface area contributed by atoms with E-state index in [1.807, 2.05) is 0 Å². The molecule has 0 saturated carbocycles. The van der Waals surface area contributed by atoms with E-state index >= 15 is 0 Å². The summed E-state index contributed by atoms with van der Waals surface area (Å²) >= 11 is 11.8. The van der Waals surface area contributed by atoms with Crippen molar-refractivity contribution in [3.63, 3.8) is 0 Å². The van der Waals surface area contributed by atoms with Gasteiger partial charge in [0.2, 0.25) is 0 Å². The van der Waals surface area contributed by atoms with Gasteiger partial charge < -0.3 is 14.8 Å². The molecule has 4 nitrogen and oxygen atoms in total. The lowest BCUT2D eigenvalue weighted by Gasteiger charge is -2.13. The zero-order valence-corrected chi connectivity index (χ0v) is 11.9. The van der Waals surface area contributed by atoms with Gasteiger partial charge in [-0.15, -0.1) is 0 Å². The molecule has 0 amide bonds. The summed E-state index contributed by atoms with van der Waals surface area (Å²) < 4.78 is 10.4. The molecule has 19 heavy (non-hydrogen) atoms. The van der Waals surface area contributed by atoms with Crippen molar-refractivity contribution in [3.05, 3.63) is 40.5 Å². The molecular weight excluding hydrogens is 287 g/mol. The first kappa shape index (κ1) is 13.8. The fourth-order valence-corrected chi connectivity index (χ4v) is 1.89. The van der Waals surface area contributed by atoms with Crippen LogP contribution in [0.2, 0.25) is 10.0 Å². The summed E-state index contributed by atoms with van der Waals surface area (Å²) in [5, 5.41) is 4.17.